The number of nitrogens with one attached hydrogen (secondary N) is 3. The van der Waals surface area contributed by atoms with Gasteiger partial charge in [0.25, 0.3) is 0 Å². The normalized spacial score (nSPS) is 10.7. The highest BCUT2D eigenvalue weighted by atomic mass is 79.9. The maximum absolute atomic E-state index is 13.7. The van der Waals surface area contributed by atoms with Crippen LogP contribution in [0.2, 0.25) is 0 Å². The van der Waals surface area contributed by atoms with Crippen molar-refractivity contribution in [1.29, 1.82) is 10.7 Å². The third kappa shape index (κ3) is 3.18. The van der Waals surface area contributed by atoms with Crippen molar-refractivity contribution in [3.05, 3.63) is 22.4 Å². The largest absolute Gasteiger partial charge is 0.386 e. The van der Waals surface area contributed by atoms with Gasteiger partial charge in [0.05, 0.1) is 5.69 Å². The van der Waals surface area contributed by atoms with Gasteiger partial charge < -0.3 is 11.1 Å². The molecule has 0 saturated carbocycles. The maximum atomic E-state index is 13.7. The first-order valence-electron chi connectivity index (χ1n) is 4.74. The lowest BCUT2D eigenvalue weighted by atomic mass is 10.2. The number of amidine groups is 1. The molecule has 0 unspecified atom stereocenters. The van der Waals surface area contributed by atoms with Crippen molar-refractivity contribution in [3.63, 3.8) is 0 Å². The lowest BCUT2D eigenvalue weighted by Crippen LogP contribution is -2.22. The third-order valence-electron chi connectivity index (χ3n) is 1.96. The molecule has 0 saturated heterocycles. The zero-order chi connectivity index (χ0) is 13.7. The van der Waals surface area contributed by atoms with Gasteiger partial charge in [0.2, 0.25) is 5.71 Å². The number of anilines is 2. The van der Waals surface area contributed by atoms with Crippen LogP contribution in [0.5, 0.6) is 0 Å². The van der Waals surface area contributed by atoms with E-state index >= 15 is 0 Å². The number of nitrogens with two attached hydrogens (primary N) is 1. The molecule has 0 heterocycles. The summed E-state index contributed by atoms with van der Waals surface area (Å²) < 4.78 is 14.2. The molecule has 0 amide bonds. The number of hydrogen-bond donors (Lipinski definition) is 4. The molecule has 0 fully saturated rings. The van der Waals surface area contributed by atoms with Crippen LogP contribution < -0.4 is 16.5 Å². The van der Waals surface area contributed by atoms with Gasteiger partial charge in [0, 0.05) is 11.5 Å². The minimum atomic E-state index is -0.557. The van der Waals surface area contributed by atoms with Crippen LogP contribution in [0.3, 0.4) is 0 Å². The van der Waals surface area contributed by atoms with Gasteiger partial charge in [0.1, 0.15) is 11.8 Å². The molecule has 0 aliphatic carbocycles. The molecule has 0 radical (unpaired) electrons. The van der Waals surface area contributed by atoms with E-state index in [4.69, 9.17) is 16.4 Å². The summed E-state index contributed by atoms with van der Waals surface area (Å²) in [5, 5.41) is 22.1. The van der Waals surface area contributed by atoms with Gasteiger partial charge in [-0.3, -0.25) is 10.8 Å². The molecule has 0 aromatic heterocycles. The smallest absolute Gasteiger partial charge is 0.201 e. The molecule has 8 heteroatoms. The van der Waals surface area contributed by atoms with Crippen LogP contribution in [-0.4, -0.2) is 18.6 Å². The fourth-order valence-corrected chi connectivity index (χ4v) is 1.57. The molecule has 94 valence electrons. The Hall–Kier alpha value is -2.14. The zero-order valence-corrected chi connectivity index (χ0v) is 11.0. The van der Waals surface area contributed by atoms with Gasteiger partial charge in [-0.2, -0.15) is 10.4 Å². The van der Waals surface area contributed by atoms with E-state index in [2.05, 4.69) is 31.8 Å². The third-order valence-corrected chi connectivity index (χ3v) is 2.42. The highest BCUT2D eigenvalue weighted by Crippen LogP contribution is 2.29. The van der Waals surface area contributed by atoms with Crippen molar-refractivity contribution < 1.29 is 4.39 Å². The molecule has 0 bridgehead atoms. The van der Waals surface area contributed by atoms with E-state index in [0.29, 0.717) is 10.2 Å². The molecule has 0 aliphatic heterocycles. The van der Waals surface area contributed by atoms with E-state index in [-0.39, 0.29) is 11.4 Å². The van der Waals surface area contributed by atoms with E-state index in [9.17, 15) is 4.39 Å². The molecule has 5 N–H and O–H groups in total. The van der Waals surface area contributed by atoms with Crippen LogP contribution in [0.4, 0.5) is 15.8 Å². The van der Waals surface area contributed by atoms with Gasteiger partial charge in [-0.1, -0.05) is 15.9 Å². The molecule has 1 rings (SSSR count). The molecule has 6 nitrogen and oxygen atoms in total. The Balaban J connectivity index is 3.12. The second-order valence-electron chi connectivity index (χ2n) is 3.16. The topological polar surface area (TPSA) is 110 Å². The van der Waals surface area contributed by atoms with Crippen LogP contribution in [-0.2, 0) is 0 Å². The van der Waals surface area contributed by atoms with E-state index in [1.807, 2.05) is 0 Å². The predicted molar refractivity (Wildman–Crippen MR) is 72.2 cm³/mol. The number of hydrazone groups is 1. The first-order chi connectivity index (χ1) is 8.49. The van der Waals surface area contributed by atoms with E-state index in [0.717, 1.165) is 0 Å². The van der Waals surface area contributed by atoms with Crippen LogP contribution >= 0.6 is 15.9 Å². The summed E-state index contributed by atoms with van der Waals surface area (Å²) in [5.74, 6) is -1.05. The molecular weight excluding hydrogens is 303 g/mol. The van der Waals surface area contributed by atoms with Crippen molar-refractivity contribution in [2.45, 2.75) is 0 Å². The Morgan fingerprint density at radius 3 is 2.78 bits per heavy atom. The Labute approximate surface area is 111 Å². The van der Waals surface area contributed by atoms with Gasteiger partial charge in [-0.25, -0.2) is 4.39 Å². The van der Waals surface area contributed by atoms with E-state index < -0.39 is 11.7 Å². The number of nitrogens with zero attached hydrogens (tertiary/aromatic N) is 2. The summed E-state index contributed by atoms with van der Waals surface area (Å²) >= 11 is 3.15. The second kappa shape index (κ2) is 5.97. The van der Waals surface area contributed by atoms with Crippen LogP contribution in [0, 0.1) is 22.6 Å². The van der Waals surface area contributed by atoms with Crippen LogP contribution in [0.1, 0.15) is 0 Å². The summed E-state index contributed by atoms with van der Waals surface area (Å²) in [6.07, 6.45) is 0. The first kappa shape index (κ1) is 13.9. The summed E-state index contributed by atoms with van der Waals surface area (Å²) in [5.41, 5.74) is 7.69. The number of rotatable bonds is 4. The number of nitriles is 1. The molecule has 1 aromatic carbocycles. The number of halogens is 2. The molecule has 0 atom stereocenters. The fraction of sp³-hybridized carbons (Fsp3) is 0.100. The first-order valence-corrected chi connectivity index (χ1v) is 5.54. The van der Waals surface area contributed by atoms with Gasteiger partial charge in [-0.15, -0.1) is 0 Å². The Morgan fingerprint density at radius 2 is 2.28 bits per heavy atom. The van der Waals surface area contributed by atoms with Crippen LogP contribution in [0.25, 0.3) is 0 Å². The van der Waals surface area contributed by atoms with Crippen molar-refractivity contribution in [2.75, 3.05) is 17.8 Å². The van der Waals surface area contributed by atoms with Crippen molar-refractivity contribution in [3.8, 4) is 6.07 Å². The average molecular weight is 313 g/mol. The second-order valence-corrected chi connectivity index (χ2v) is 4.07. The summed E-state index contributed by atoms with van der Waals surface area (Å²) in [7, 11) is 1.62. The lowest BCUT2D eigenvalue weighted by Gasteiger charge is -2.10. The minimum Gasteiger partial charge on any atom is -0.386 e. The average Bonchev–Trinajstić information content (AvgIpc) is 2.31. The van der Waals surface area contributed by atoms with E-state index in [1.165, 1.54) is 6.07 Å². The molecule has 0 aliphatic rings. The monoisotopic (exact) mass is 312 g/mol. The maximum Gasteiger partial charge on any atom is 0.201 e. The quantitative estimate of drug-likeness (QED) is 0.386. The Morgan fingerprint density at radius 1 is 1.61 bits per heavy atom. The lowest BCUT2D eigenvalue weighted by molar-refractivity contribution is 0.630. The van der Waals surface area contributed by atoms with Crippen molar-refractivity contribution in [2.24, 2.45) is 10.8 Å². The van der Waals surface area contributed by atoms with Gasteiger partial charge in [0.15, 0.2) is 11.7 Å². The fourth-order valence-electron chi connectivity index (χ4n) is 1.14. The SMILES string of the molecule is CNc1cc(Br)cc(F)c1N/N=C(\C#N)C(=N)N. The standard InChI is InChI=1S/C10H10BrFN6/c1-16-7-3-5(11)2-6(12)9(7)18-17-8(4-13)10(14)15/h2-3,16,18H,1H3,(H3,14,15)/b17-8+. The highest BCUT2D eigenvalue weighted by Gasteiger charge is 2.10. The summed E-state index contributed by atoms with van der Waals surface area (Å²) in [6.45, 7) is 0. The highest BCUT2D eigenvalue weighted by molar-refractivity contribution is 9.10. The summed E-state index contributed by atoms with van der Waals surface area (Å²) in [4.78, 5) is 0. The Bertz CT molecular complexity index is 548. The van der Waals surface area contributed by atoms with Crippen LogP contribution in [0.15, 0.2) is 21.7 Å². The predicted octanol–water partition coefficient (Wildman–Crippen LogP) is 1.86. The number of benzene rings is 1. The molecule has 1 aromatic rings. The summed E-state index contributed by atoms with van der Waals surface area (Å²) in [6, 6.07) is 4.51. The van der Waals surface area contributed by atoms with Crippen molar-refractivity contribution in [1.82, 2.24) is 0 Å². The minimum absolute atomic E-state index is 0.0645. The Kier molecular flexibility index (Phi) is 4.62. The molecular formula is C10H10BrFN6. The van der Waals surface area contributed by atoms with Gasteiger partial charge >= 0.3 is 0 Å². The van der Waals surface area contributed by atoms with Gasteiger partial charge in [-0.05, 0) is 12.1 Å². The molecule has 0 spiro atoms. The number of hydrogen-bond acceptors (Lipinski definition) is 5. The zero-order valence-electron chi connectivity index (χ0n) is 9.38. The van der Waals surface area contributed by atoms with Crippen molar-refractivity contribution >= 4 is 38.9 Å². The molecule has 18 heavy (non-hydrogen) atoms. The van der Waals surface area contributed by atoms with E-state index in [1.54, 1.807) is 19.2 Å².